The maximum atomic E-state index is 12.8. The lowest BCUT2D eigenvalue weighted by molar-refractivity contribution is 0.382. The Labute approximate surface area is 129 Å². The minimum atomic E-state index is -3.32. The van der Waals surface area contributed by atoms with Crippen molar-refractivity contribution in [1.82, 2.24) is 4.31 Å². The van der Waals surface area contributed by atoms with Crippen LogP contribution in [0.5, 0.6) is 0 Å². The Bertz CT molecular complexity index is 548. The summed E-state index contributed by atoms with van der Waals surface area (Å²) >= 11 is 3.38. The van der Waals surface area contributed by atoms with Crippen LogP contribution in [0.2, 0.25) is 0 Å². The van der Waals surface area contributed by atoms with Gasteiger partial charge in [-0.1, -0.05) is 28.1 Å². The summed E-state index contributed by atoms with van der Waals surface area (Å²) < 4.78 is 27.3. The zero-order valence-corrected chi connectivity index (χ0v) is 13.9. The van der Waals surface area contributed by atoms with Crippen molar-refractivity contribution in [3.63, 3.8) is 0 Å². The SMILES string of the molecule is O=S(=O)(c1ccc(CBr)cc1)N(CC1CC1)CC1CC1. The van der Waals surface area contributed by atoms with Crippen molar-refractivity contribution >= 4 is 26.0 Å². The standard InChI is InChI=1S/C15H20BrNO2S/c16-9-12-5-7-15(8-6-12)20(18,19)17(10-13-1-2-13)11-14-3-4-14/h5-8,13-14H,1-4,9-11H2. The summed E-state index contributed by atoms with van der Waals surface area (Å²) in [5.74, 6) is 1.18. The summed E-state index contributed by atoms with van der Waals surface area (Å²) in [4.78, 5) is 0.434. The third kappa shape index (κ3) is 3.43. The molecule has 2 fully saturated rings. The van der Waals surface area contributed by atoms with Crippen LogP contribution < -0.4 is 0 Å². The molecule has 0 N–H and O–H groups in total. The molecule has 0 saturated heterocycles. The summed E-state index contributed by atoms with van der Waals surface area (Å²) in [5.41, 5.74) is 1.10. The maximum absolute atomic E-state index is 12.8. The van der Waals surface area contributed by atoms with Gasteiger partial charge in [-0.15, -0.1) is 0 Å². The Hall–Kier alpha value is -0.390. The van der Waals surface area contributed by atoms with Gasteiger partial charge in [0.15, 0.2) is 0 Å². The summed E-state index contributed by atoms with van der Waals surface area (Å²) in [6.07, 6.45) is 4.72. The molecule has 0 amide bonds. The second kappa shape index (κ2) is 5.78. The third-order valence-electron chi connectivity index (χ3n) is 4.03. The molecule has 0 heterocycles. The second-order valence-corrected chi connectivity index (χ2v) is 8.49. The molecule has 0 radical (unpaired) electrons. The van der Waals surface area contributed by atoms with Crippen LogP contribution in [-0.4, -0.2) is 25.8 Å². The van der Waals surface area contributed by atoms with Crippen LogP contribution in [0.3, 0.4) is 0 Å². The normalized spacial score (nSPS) is 19.5. The molecule has 2 saturated carbocycles. The predicted molar refractivity (Wildman–Crippen MR) is 83.3 cm³/mol. The van der Waals surface area contributed by atoms with Crippen LogP contribution in [0.15, 0.2) is 29.2 Å². The lowest BCUT2D eigenvalue weighted by atomic mass is 10.2. The van der Waals surface area contributed by atoms with Crippen molar-refractivity contribution in [3.05, 3.63) is 29.8 Å². The van der Waals surface area contributed by atoms with Gasteiger partial charge in [0.2, 0.25) is 10.0 Å². The Morgan fingerprint density at radius 3 is 1.90 bits per heavy atom. The van der Waals surface area contributed by atoms with E-state index in [1.807, 2.05) is 12.1 Å². The molecular formula is C15H20BrNO2S. The largest absolute Gasteiger partial charge is 0.243 e. The van der Waals surface area contributed by atoms with Crippen molar-refractivity contribution in [2.75, 3.05) is 13.1 Å². The van der Waals surface area contributed by atoms with Crippen molar-refractivity contribution in [2.24, 2.45) is 11.8 Å². The molecule has 1 aromatic carbocycles. The first-order chi connectivity index (χ1) is 9.59. The number of hydrogen-bond donors (Lipinski definition) is 0. The minimum Gasteiger partial charge on any atom is -0.207 e. The highest BCUT2D eigenvalue weighted by molar-refractivity contribution is 9.08. The first-order valence-corrected chi connectivity index (χ1v) is 9.81. The number of halogens is 1. The van der Waals surface area contributed by atoms with E-state index in [0.29, 0.717) is 29.8 Å². The fraction of sp³-hybridized carbons (Fsp3) is 0.600. The number of benzene rings is 1. The number of nitrogens with zero attached hydrogens (tertiary/aromatic N) is 1. The van der Waals surface area contributed by atoms with Gasteiger partial charge in [0.1, 0.15) is 0 Å². The first kappa shape index (κ1) is 14.5. The third-order valence-corrected chi connectivity index (χ3v) is 6.53. The van der Waals surface area contributed by atoms with E-state index in [1.54, 1.807) is 16.4 Å². The Morgan fingerprint density at radius 2 is 1.50 bits per heavy atom. The monoisotopic (exact) mass is 357 g/mol. The molecule has 20 heavy (non-hydrogen) atoms. The van der Waals surface area contributed by atoms with E-state index in [2.05, 4.69) is 15.9 Å². The molecule has 1 aromatic rings. The minimum absolute atomic E-state index is 0.434. The number of sulfonamides is 1. The Kier molecular flexibility index (Phi) is 4.20. The molecule has 3 nitrogen and oxygen atoms in total. The van der Waals surface area contributed by atoms with E-state index in [1.165, 1.54) is 25.7 Å². The lowest BCUT2D eigenvalue weighted by Gasteiger charge is -2.22. The van der Waals surface area contributed by atoms with E-state index in [0.717, 1.165) is 10.9 Å². The smallest absolute Gasteiger partial charge is 0.207 e. The molecule has 5 heteroatoms. The fourth-order valence-corrected chi connectivity index (χ4v) is 4.31. The summed E-state index contributed by atoms with van der Waals surface area (Å²) in [6.45, 7) is 1.41. The molecule has 3 rings (SSSR count). The van der Waals surface area contributed by atoms with E-state index < -0.39 is 10.0 Å². The highest BCUT2D eigenvalue weighted by Crippen LogP contribution is 2.36. The van der Waals surface area contributed by atoms with Gasteiger partial charge in [0, 0.05) is 18.4 Å². The van der Waals surface area contributed by atoms with Gasteiger partial charge in [0.25, 0.3) is 0 Å². The van der Waals surface area contributed by atoms with Crippen LogP contribution in [0.4, 0.5) is 0 Å². The van der Waals surface area contributed by atoms with Crippen LogP contribution in [-0.2, 0) is 15.4 Å². The van der Waals surface area contributed by atoms with E-state index in [9.17, 15) is 8.42 Å². The Balaban J connectivity index is 1.81. The molecule has 0 atom stereocenters. The number of alkyl halides is 1. The molecule has 0 unspecified atom stereocenters. The molecule has 0 aliphatic heterocycles. The second-order valence-electron chi connectivity index (χ2n) is 5.99. The van der Waals surface area contributed by atoms with Gasteiger partial charge in [-0.3, -0.25) is 0 Å². The average Bonchev–Trinajstić information content (AvgIpc) is 3.33. The van der Waals surface area contributed by atoms with Crippen molar-refractivity contribution in [3.8, 4) is 0 Å². The molecule has 110 valence electrons. The average molecular weight is 358 g/mol. The maximum Gasteiger partial charge on any atom is 0.243 e. The molecule has 0 bridgehead atoms. The molecule has 2 aliphatic rings. The van der Waals surface area contributed by atoms with Gasteiger partial charge in [-0.25, -0.2) is 8.42 Å². The van der Waals surface area contributed by atoms with Gasteiger partial charge < -0.3 is 0 Å². The highest BCUT2D eigenvalue weighted by atomic mass is 79.9. The van der Waals surface area contributed by atoms with Gasteiger partial charge in [0.05, 0.1) is 4.90 Å². The fourth-order valence-electron chi connectivity index (χ4n) is 2.35. The number of rotatable bonds is 7. The zero-order chi connectivity index (χ0) is 14.2. The highest BCUT2D eigenvalue weighted by Gasteiger charge is 2.35. The van der Waals surface area contributed by atoms with Crippen LogP contribution in [0.1, 0.15) is 31.2 Å². The van der Waals surface area contributed by atoms with Crippen molar-refractivity contribution in [2.45, 2.75) is 35.9 Å². The molecule has 0 spiro atoms. The summed E-state index contributed by atoms with van der Waals surface area (Å²) in [5, 5.41) is 0.751. The van der Waals surface area contributed by atoms with Crippen LogP contribution in [0, 0.1) is 11.8 Å². The lowest BCUT2D eigenvalue weighted by Crippen LogP contribution is -2.34. The van der Waals surface area contributed by atoms with Gasteiger partial charge in [-0.05, 0) is 55.2 Å². The van der Waals surface area contributed by atoms with Crippen molar-refractivity contribution < 1.29 is 8.42 Å². The van der Waals surface area contributed by atoms with Gasteiger partial charge in [-0.2, -0.15) is 4.31 Å². The molecule has 0 aromatic heterocycles. The van der Waals surface area contributed by atoms with Crippen LogP contribution >= 0.6 is 15.9 Å². The molecule has 2 aliphatic carbocycles. The van der Waals surface area contributed by atoms with E-state index in [4.69, 9.17) is 0 Å². The Morgan fingerprint density at radius 1 is 1.00 bits per heavy atom. The summed E-state index contributed by atoms with van der Waals surface area (Å²) in [7, 11) is -3.32. The van der Waals surface area contributed by atoms with E-state index in [-0.39, 0.29) is 0 Å². The number of hydrogen-bond acceptors (Lipinski definition) is 2. The van der Waals surface area contributed by atoms with E-state index >= 15 is 0 Å². The zero-order valence-electron chi connectivity index (χ0n) is 11.5. The topological polar surface area (TPSA) is 37.4 Å². The summed E-state index contributed by atoms with van der Waals surface area (Å²) in [6, 6.07) is 7.24. The van der Waals surface area contributed by atoms with Crippen LogP contribution in [0.25, 0.3) is 0 Å². The van der Waals surface area contributed by atoms with Gasteiger partial charge >= 0.3 is 0 Å². The van der Waals surface area contributed by atoms with Crippen molar-refractivity contribution in [1.29, 1.82) is 0 Å². The predicted octanol–water partition coefficient (Wildman–Crippen LogP) is 3.39. The first-order valence-electron chi connectivity index (χ1n) is 7.24. The quantitative estimate of drug-likeness (QED) is 0.701. The molecular weight excluding hydrogens is 338 g/mol.